The average Bonchev–Trinajstić information content (AvgIpc) is 2.67. The number of phenolic OH excluding ortho intramolecular Hbond substituents is 1. The van der Waals surface area contributed by atoms with Crippen molar-refractivity contribution in [1.82, 2.24) is 5.32 Å². The number of hydrogen-bond acceptors (Lipinski definition) is 4. The Morgan fingerprint density at radius 2 is 1.38 bits per heavy atom. The SMILES string of the molecule is CCCCCCCCCCCCCC(=O)N[C@@H](Cc1ccc(O)cc1)C(=O)[O-].[Na+]. The third kappa shape index (κ3) is 14.6. The molecule has 158 valence electrons. The molecule has 1 aromatic carbocycles. The first-order chi connectivity index (χ1) is 13.5. The molecule has 29 heavy (non-hydrogen) atoms. The molecule has 0 heterocycles. The fourth-order valence-corrected chi connectivity index (χ4v) is 3.28. The average molecular weight is 414 g/mol. The van der Waals surface area contributed by atoms with Crippen LogP contribution in [0.4, 0.5) is 0 Å². The van der Waals surface area contributed by atoms with Crippen molar-refractivity contribution in [2.24, 2.45) is 0 Å². The van der Waals surface area contributed by atoms with Crippen molar-refractivity contribution in [2.75, 3.05) is 0 Å². The summed E-state index contributed by atoms with van der Waals surface area (Å²) in [4.78, 5) is 23.3. The molecular weight excluding hydrogens is 377 g/mol. The van der Waals surface area contributed by atoms with Gasteiger partial charge in [0.2, 0.25) is 5.91 Å². The molecule has 0 radical (unpaired) electrons. The summed E-state index contributed by atoms with van der Waals surface area (Å²) < 4.78 is 0. The van der Waals surface area contributed by atoms with E-state index in [1.54, 1.807) is 12.1 Å². The van der Waals surface area contributed by atoms with Gasteiger partial charge in [-0.1, -0.05) is 83.3 Å². The van der Waals surface area contributed by atoms with E-state index in [1.807, 2.05) is 0 Å². The topological polar surface area (TPSA) is 89.5 Å². The molecule has 1 aromatic rings. The fourth-order valence-electron chi connectivity index (χ4n) is 3.28. The van der Waals surface area contributed by atoms with Gasteiger partial charge < -0.3 is 20.3 Å². The van der Waals surface area contributed by atoms with Gasteiger partial charge in [0.05, 0.1) is 12.0 Å². The maximum Gasteiger partial charge on any atom is 1.00 e. The minimum Gasteiger partial charge on any atom is -0.548 e. The number of carbonyl (C=O) groups excluding carboxylic acids is 2. The van der Waals surface area contributed by atoms with Gasteiger partial charge in [0.15, 0.2) is 0 Å². The summed E-state index contributed by atoms with van der Waals surface area (Å²) in [6, 6.07) is 5.22. The van der Waals surface area contributed by atoms with E-state index in [0.717, 1.165) is 24.8 Å². The minimum absolute atomic E-state index is 0. The summed E-state index contributed by atoms with van der Waals surface area (Å²) in [5, 5.41) is 23.1. The predicted octanol–water partition coefficient (Wildman–Crippen LogP) is 0.875. The van der Waals surface area contributed by atoms with Gasteiger partial charge in [-0.25, -0.2) is 0 Å². The van der Waals surface area contributed by atoms with Gasteiger partial charge in [-0.15, -0.1) is 0 Å². The van der Waals surface area contributed by atoms with Crippen LogP contribution in [0.5, 0.6) is 5.75 Å². The monoisotopic (exact) mass is 413 g/mol. The zero-order valence-corrected chi connectivity index (χ0v) is 20.3. The summed E-state index contributed by atoms with van der Waals surface area (Å²) in [5.41, 5.74) is 0.724. The quantitative estimate of drug-likeness (QED) is 0.311. The van der Waals surface area contributed by atoms with Crippen LogP contribution in [0.15, 0.2) is 24.3 Å². The molecular formula is C23H36NNaO4. The van der Waals surface area contributed by atoms with Crippen LogP contribution in [0, 0.1) is 0 Å². The summed E-state index contributed by atoms with van der Waals surface area (Å²) in [5.74, 6) is -1.42. The van der Waals surface area contributed by atoms with Crippen molar-refractivity contribution >= 4 is 11.9 Å². The number of phenols is 1. The van der Waals surface area contributed by atoms with Gasteiger partial charge in [-0.3, -0.25) is 4.79 Å². The number of aliphatic carboxylic acids is 1. The fraction of sp³-hybridized carbons (Fsp3) is 0.652. The third-order valence-electron chi connectivity index (χ3n) is 5.00. The number of rotatable bonds is 16. The smallest absolute Gasteiger partial charge is 0.548 e. The predicted molar refractivity (Wildman–Crippen MR) is 110 cm³/mol. The first-order valence-corrected chi connectivity index (χ1v) is 10.8. The van der Waals surface area contributed by atoms with E-state index in [4.69, 9.17) is 0 Å². The summed E-state index contributed by atoms with van der Waals surface area (Å²) in [6.45, 7) is 2.23. The molecule has 0 saturated heterocycles. The molecule has 0 aliphatic rings. The Hall–Kier alpha value is -1.04. The summed E-state index contributed by atoms with van der Waals surface area (Å²) >= 11 is 0. The van der Waals surface area contributed by atoms with Gasteiger partial charge >= 0.3 is 29.6 Å². The Bertz CT molecular complexity index is 563. The van der Waals surface area contributed by atoms with Crippen LogP contribution in [0.1, 0.15) is 89.5 Å². The Morgan fingerprint density at radius 3 is 1.86 bits per heavy atom. The first-order valence-electron chi connectivity index (χ1n) is 10.8. The maximum atomic E-state index is 12.0. The first kappa shape index (κ1) is 28.0. The van der Waals surface area contributed by atoms with Crippen molar-refractivity contribution in [3.63, 3.8) is 0 Å². The number of hydrogen-bond donors (Lipinski definition) is 2. The molecule has 0 bridgehead atoms. The van der Waals surface area contributed by atoms with E-state index in [0.29, 0.717) is 6.42 Å². The number of carboxylic acid groups (broad SMARTS) is 1. The molecule has 5 nitrogen and oxygen atoms in total. The molecule has 0 aliphatic carbocycles. The second kappa shape index (κ2) is 17.8. The Labute approximate surface area is 198 Å². The number of amides is 1. The van der Waals surface area contributed by atoms with E-state index in [1.165, 1.54) is 63.5 Å². The summed E-state index contributed by atoms with van der Waals surface area (Å²) in [7, 11) is 0. The number of carbonyl (C=O) groups is 2. The third-order valence-corrected chi connectivity index (χ3v) is 5.00. The van der Waals surface area contributed by atoms with E-state index >= 15 is 0 Å². The second-order valence-electron chi connectivity index (χ2n) is 7.60. The Morgan fingerprint density at radius 1 is 0.897 bits per heavy atom. The van der Waals surface area contributed by atoms with Crippen molar-refractivity contribution in [3.05, 3.63) is 29.8 Å². The molecule has 0 aliphatic heterocycles. The Kier molecular flexibility index (Phi) is 17.1. The van der Waals surface area contributed by atoms with E-state index in [2.05, 4.69) is 12.2 Å². The molecule has 0 aromatic heterocycles. The standard InChI is InChI=1S/C23H37NO4.Na/c1-2-3-4-5-6-7-8-9-10-11-12-13-22(26)24-21(23(27)28)18-19-14-16-20(25)17-15-19;/h14-17,21,25H,2-13,18H2,1H3,(H,24,26)(H,27,28);/q;+1/p-1/t21-;/m0./s1. The van der Waals surface area contributed by atoms with Crippen LogP contribution < -0.4 is 40.0 Å². The molecule has 1 rings (SSSR count). The zero-order chi connectivity index (χ0) is 20.6. The van der Waals surface area contributed by atoms with Gasteiger partial charge in [0, 0.05) is 6.42 Å². The zero-order valence-electron chi connectivity index (χ0n) is 18.3. The number of carboxylic acids is 1. The Balaban J connectivity index is 0.00000784. The summed E-state index contributed by atoms with van der Waals surface area (Å²) in [6.07, 6.45) is 13.8. The number of unbranched alkanes of at least 4 members (excludes halogenated alkanes) is 10. The molecule has 0 spiro atoms. The van der Waals surface area contributed by atoms with Crippen LogP contribution in [0.3, 0.4) is 0 Å². The second-order valence-corrected chi connectivity index (χ2v) is 7.60. The van der Waals surface area contributed by atoms with Gasteiger partial charge in [-0.2, -0.15) is 0 Å². The van der Waals surface area contributed by atoms with E-state index in [9.17, 15) is 19.8 Å². The van der Waals surface area contributed by atoms with Crippen molar-refractivity contribution < 1.29 is 49.4 Å². The van der Waals surface area contributed by atoms with Crippen molar-refractivity contribution in [1.29, 1.82) is 0 Å². The molecule has 6 heteroatoms. The maximum absolute atomic E-state index is 12.0. The molecule has 1 atom stereocenters. The molecule has 1 amide bonds. The van der Waals surface area contributed by atoms with Crippen LogP contribution >= 0.6 is 0 Å². The normalized spacial score (nSPS) is 11.5. The van der Waals surface area contributed by atoms with Crippen LogP contribution in [0.2, 0.25) is 0 Å². The number of nitrogens with one attached hydrogen (secondary N) is 1. The molecule has 0 unspecified atom stereocenters. The largest absolute Gasteiger partial charge is 1.00 e. The molecule has 2 N–H and O–H groups in total. The van der Waals surface area contributed by atoms with E-state index in [-0.39, 0.29) is 47.6 Å². The van der Waals surface area contributed by atoms with Crippen LogP contribution in [-0.4, -0.2) is 23.0 Å². The number of benzene rings is 1. The van der Waals surface area contributed by atoms with Crippen molar-refractivity contribution in [3.8, 4) is 5.75 Å². The van der Waals surface area contributed by atoms with Gasteiger partial charge in [-0.05, 0) is 30.5 Å². The molecule has 0 fully saturated rings. The minimum atomic E-state index is -1.29. The van der Waals surface area contributed by atoms with Gasteiger partial charge in [0.1, 0.15) is 5.75 Å². The van der Waals surface area contributed by atoms with Crippen LogP contribution in [0.25, 0.3) is 0 Å². The van der Waals surface area contributed by atoms with Crippen LogP contribution in [-0.2, 0) is 16.0 Å². The molecule has 0 saturated carbocycles. The number of aromatic hydroxyl groups is 1. The van der Waals surface area contributed by atoms with Crippen molar-refractivity contribution in [2.45, 2.75) is 96.4 Å². The van der Waals surface area contributed by atoms with Gasteiger partial charge in [0.25, 0.3) is 0 Å². The van der Waals surface area contributed by atoms with E-state index < -0.39 is 12.0 Å².